The average Bonchev–Trinajstić information content (AvgIpc) is 2.91. The van der Waals surface area contributed by atoms with E-state index in [0.717, 1.165) is 16.8 Å². The van der Waals surface area contributed by atoms with Crippen LogP contribution in [0.25, 0.3) is 0 Å². The molecule has 0 aliphatic rings. The highest BCUT2D eigenvalue weighted by Gasteiger charge is 2.38. The lowest BCUT2D eigenvalue weighted by atomic mass is 10.0. The van der Waals surface area contributed by atoms with Crippen LogP contribution < -0.4 is 26.4 Å². The molecule has 0 aliphatic heterocycles. The van der Waals surface area contributed by atoms with Crippen LogP contribution in [0.3, 0.4) is 0 Å². The number of benzene rings is 3. The van der Waals surface area contributed by atoms with Gasteiger partial charge in [0.1, 0.15) is 11.8 Å². The second kappa shape index (κ2) is 14.8. The molecule has 0 saturated heterocycles. The van der Waals surface area contributed by atoms with Crippen molar-refractivity contribution in [3.63, 3.8) is 0 Å². The molecule has 3 rings (SSSR count). The Kier molecular flexibility index (Phi) is 11.8. The second-order valence-electron chi connectivity index (χ2n) is 8.27. The van der Waals surface area contributed by atoms with E-state index in [1.165, 1.54) is 14.0 Å². The van der Waals surface area contributed by atoms with E-state index in [1.54, 1.807) is 24.3 Å². The second-order valence-corrected chi connectivity index (χ2v) is 8.68. The van der Waals surface area contributed by atoms with Gasteiger partial charge in [0, 0.05) is 31.4 Å². The summed E-state index contributed by atoms with van der Waals surface area (Å²) in [5.74, 6) is -2.66. The Morgan fingerprint density at radius 3 is 2.20 bits per heavy atom. The summed E-state index contributed by atoms with van der Waals surface area (Å²) in [4.78, 5) is 33.5. The number of anilines is 2. The fourth-order valence-corrected chi connectivity index (χ4v) is 3.51. The number of ether oxygens (including phenoxy) is 1. The first-order valence-electron chi connectivity index (χ1n) is 11.7. The maximum absolute atomic E-state index is 13.3. The molecule has 0 bridgehead atoms. The van der Waals surface area contributed by atoms with Gasteiger partial charge in [-0.05, 0) is 53.1 Å². The van der Waals surface area contributed by atoms with Gasteiger partial charge in [-0.15, -0.1) is 0 Å². The molecule has 0 heterocycles. The molecule has 0 aromatic heterocycles. The summed E-state index contributed by atoms with van der Waals surface area (Å²) in [6.45, 7) is 2.18. The summed E-state index contributed by atoms with van der Waals surface area (Å²) in [6.07, 6.45) is -5.08. The van der Waals surface area contributed by atoms with Crippen molar-refractivity contribution in [3.8, 4) is 5.75 Å². The molecular weight excluding hydrogens is 553 g/mol. The number of methoxy groups -OCH3 is 1. The third-order valence-electron chi connectivity index (χ3n) is 5.23. The summed E-state index contributed by atoms with van der Waals surface area (Å²) in [5, 5.41) is 16.6. The Morgan fingerprint density at radius 2 is 1.65 bits per heavy atom. The molecule has 1 atom stereocenters. The first-order chi connectivity index (χ1) is 18.8. The van der Waals surface area contributed by atoms with Crippen LogP contribution >= 0.6 is 11.6 Å². The lowest BCUT2D eigenvalue weighted by Crippen LogP contribution is -2.33. The molecule has 9 nitrogen and oxygen atoms in total. The average molecular weight is 581 g/mol. The Balaban J connectivity index is 0.000000708. The quantitative estimate of drug-likeness (QED) is 0.243. The third kappa shape index (κ3) is 10.1. The molecule has 40 heavy (non-hydrogen) atoms. The van der Waals surface area contributed by atoms with Crippen molar-refractivity contribution in [2.45, 2.75) is 32.2 Å². The van der Waals surface area contributed by atoms with E-state index in [4.69, 9.17) is 32.0 Å². The summed E-state index contributed by atoms with van der Waals surface area (Å²) in [5.41, 5.74) is 9.68. The number of rotatable bonds is 9. The van der Waals surface area contributed by atoms with E-state index < -0.39 is 18.2 Å². The van der Waals surface area contributed by atoms with E-state index >= 15 is 0 Å². The largest absolute Gasteiger partial charge is 0.495 e. The molecule has 0 saturated carbocycles. The highest BCUT2D eigenvalue weighted by molar-refractivity contribution is 6.32. The van der Waals surface area contributed by atoms with Crippen molar-refractivity contribution in [3.05, 3.63) is 88.4 Å². The van der Waals surface area contributed by atoms with Gasteiger partial charge in [-0.2, -0.15) is 13.2 Å². The van der Waals surface area contributed by atoms with Gasteiger partial charge in [0.2, 0.25) is 11.8 Å². The molecule has 214 valence electrons. The molecule has 6 N–H and O–H groups in total. The Labute approximate surface area is 233 Å². The van der Waals surface area contributed by atoms with Gasteiger partial charge in [0.05, 0.1) is 12.1 Å². The number of amides is 2. The predicted octanol–water partition coefficient (Wildman–Crippen LogP) is 4.87. The molecule has 0 radical (unpaired) electrons. The van der Waals surface area contributed by atoms with Crippen molar-refractivity contribution < 1.29 is 37.4 Å². The number of halogens is 4. The van der Waals surface area contributed by atoms with Crippen molar-refractivity contribution in [1.29, 1.82) is 0 Å². The van der Waals surface area contributed by atoms with Crippen molar-refractivity contribution in [1.82, 2.24) is 5.32 Å². The standard InChI is InChI=1S/C25H27ClN4O3.C2HF3O2/c1-16(31)29-21-5-3-4-18(12-21)15-28-25(32)24(19-8-11-22(26)23(13-19)33-2)30-20-9-6-17(14-27)7-10-20;3-2(4,5)1(6)7/h3-13,24,30H,14-15,27H2,1-2H3,(H,28,32)(H,29,31);(H,6,7). The number of carbonyl (C=O) groups excluding carboxylic acids is 2. The maximum atomic E-state index is 13.3. The van der Waals surface area contributed by atoms with Crippen LogP contribution in [0, 0.1) is 0 Å². The van der Waals surface area contributed by atoms with E-state index in [0.29, 0.717) is 35.1 Å². The zero-order valence-electron chi connectivity index (χ0n) is 21.5. The minimum atomic E-state index is -5.08. The van der Waals surface area contributed by atoms with Crippen molar-refractivity contribution in [2.24, 2.45) is 5.73 Å². The lowest BCUT2D eigenvalue weighted by molar-refractivity contribution is -0.192. The molecule has 1 unspecified atom stereocenters. The monoisotopic (exact) mass is 580 g/mol. The van der Waals surface area contributed by atoms with Crippen LogP contribution in [-0.2, 0) is 27.5 Å². The van der Waals surface area contributed by atoms with Crippen molar-refractivity contribution in [2.75, 3.05) is 17.7 Å². The highest BCUT2D eigenvalue weighted by Crippen LogP contribution is 2.30. The smallest absolute Gasteiger partial charge is 0.490 e. The van der Waals surface area contributed by atoms with Crippen molar-refractivity contribution >= 4 is 40.8 Å². The van der Waals surface area contributed by atoms with Crippen LogP contribution in [-0.4, -0.2) is 36.2 Å². The number of carboxylic acid groups (broad SMARTS) is 1. The minimum Gasteiger partial charge on any atom is -0.495 e. The SMILES string of the molecule is COc1cc(C(Nc2ccc(CN)cc2)C(=O)NCc2cccc(NC(C)=O)c2)ccc1Cl.O=C(O)C(F)(F)F. The van der Waals surface area contributed by atoms with Crippen LogP contribution in [0.1, 0.15) is 29.7 Å². The fourth-order valence-electron chi connectivity index (χ4n) is 3.31. The van der Waals surface area contributed by atoms with E-state index in [1.807, 2.05) is 42.5 Å². The first kappa shape index (κ1) is 31.9. The summed E-state index contributed by atoms with van der Waals surface area (Å²) in [6, 6.07) is 19.4. The number of alkyl halides is 3. The fraction of sp³-hybridized carbons (Fsp3) is 0.222. The number of hydrogen-bond acceptors (Lipinski definition) is 6. The van der Waals surface area contributed by atoms with E-state index in [-0.39, 0.29) is 11.8 Å². The summed E-state index contributed by atoms with van der Waals surface area (Å²) < 4.78 is 37.1. The zero-order valence-corrected chi connectivity index (χ0v) is 22.3. The van der Waals surface area contributed by atoms with Gasteiger partial charge in [-0.1, -0.05) is 41.9 Å². The van der Waals surface area contributed by atoms with Crippen LogP contribution in [0.4, 0.5) is 24.5 Å². The van der Waals surface area contributed by atoms with E-state index in [2.05, 4.69) is 16.0 Å². The third-order valence-corrected chi connectivity index (χ3v) is 5.54. The Bertz CT molecular complexity index is 1320. The molecule has 0 fully saturated rings. The van der Waals surface area contributed by atoms with Gasteiger partial charge in [-0.25, -0.2) is 4.79 Å². The molecular formula is C27H28ClF3N4O5. The number of carboxylic acids is 1. The van der Waals surface area contributed by atoms with Crippen LogP contribution in [0.2, 0.25) is 5.02 Å². The highest BCUT2D eigenvalue weighted by atomic mass is 35.5. The normalized spacial score (nSPS) is 11.4. The van der Waals surface area contributed by atoms with Crippen LogP contribution in [0.15, 0.2) is 66.7 Å². The Hall–Kier alpha value is -4.29. The number of aliphatic carboxylic acids is 1. The van der Waals surface area contributed by atoms with Gasteiger partial charge in [-0.3, -0.25) is 9.59 Å². The van der Waals surface area contributed by atoms with Gasteiger partial charge in [0.15, 0.2) is 0 Å². The van der Waals surface area contributed by atoms with Gasteiger partial charge < -0.3 is 31.5 Å². The molecule has 2 amide bonds. The molecule has 0 spiro atoms. The van der Waals surface area contributed by atoms with Gasteiger partial charge >= 0.3 is 12.1 Å². The predicted molar refractivity (Wildman–Crippen MR) is 145 cm³/mol. The van der Waals surface area contributed by atoms with E-state index in [9.17, 15) is 22.8 Å². The Morgan fingerprint density at radius 1 is 1.00 bits per heavy atom. The molecule has 3 aromatic rings. The number of nitrogens with one attached hydrogen (secondary N) is 3. The number of nitrogens with two attached hydrogens (primary N) is 1. The summed E-state index contributed by atoms with van der Waals surface area (Å²) in [7, 11) is 1.53. The van der Waals surface area contributed by atoms with Gasteiger partial charge in [0.25, 0.3) is 0 Å². The maximum Gasteiger partial charge on any atom is 0.490 e. The zero-order chi connectivity index (χ0) is 29.9. The minimum absolute atomic E-state index is 0.155. The molecule has 3 aromatic carbocycles. The number of carbonyl (C=O) groups is 3. The number of hydrogen-bond donors (Lipinski definition) is 5. The molecule has 13 heteroatoms. The first-order valence-corrected chi connectivity index (χ1v) is 12.0. The molecule has 0 aliphatic carbocycles. The lowest BCUT2D eigenvalue weighted by Gasteiger charge is -2.21. The van der Waals surface area contributed by atoms with Crippen LogP contribution in [0.5, 0.6) is 5.75 Å². The summed E-state index contributed by atoms with van der Waals surface area (Å²) >= 11 is 6.18. The topological polar surface area (TPSA) is 143 Å².